The predicted molar refractivity (Wildman–Crippen MR) is 96.4 cm³/mol. The van der Waals surface area contributed by atoms with E-state index in [0.717, 1.165) is 28.4 Å². The molecule has 0 bridgehead atoms. The quantitative estimate of drug-likeness (QED) is 0.842. The highest BCUT2D eigenvalue weighted by molar-refractivity contribution is 7.09. The lowest BCUT2D eigenvalue weighted by Crippen LogP contribution is -2.27. The first-order valence-electron chi connectivity index (χ1n) is 8.85. The molecule has 0 aliphatic heterocycles. The molecule has 1 amide bonds. The van der Waals surface area contributed by atoms with Gasteiger partial charge in [-0.15, -0.1) is 11.3 Å². The van der Waals surface area contributed by atoms with Crippen molar-refractivity contribution >= 4 is 17.2 Å². The molecule has 0 unspecified atom stereocenters. The summed E-state index contributed by atoms with van der Waals surface area (Å²) in [5, 5.41) is 13.4. The van der Waals surface area contributed by atoms with Crippen molar-refractivity contribution in [1.29, 1.82) is 0 Å². The molecule has 6 heteroatoms. The molecule has 0 atom stereocenters. The van der Waals surface area contributed by atoms with Crippen LogP contribution < -0.4 is 5.32 Å². The van der Waals surface area contributed by atoms with Crippen molar-refractivity contribution < 1.29 is 4.79 Å². The topological polar surface area (TPSA) is 70.7 Å². The number of amides is 1. The number of nitrogens with zero attached hydrogens (tertiary/aromatic N) is 2. The summed E-state index contributed by atoms with van der Waals surface area (Å²) in [5.74, 6) is 0.706. The van der Waals surface area contributed by atoms with Gasteiger partial charge in [-0.2, -0.15) is 5.10 Å². The van der Waals surface area contributed by atoms with E-state index in [1.165, 1.54) is 37.8 Å². The van der Waals surface area contributed by atoms with Gasteiger partial charge in [-0.25, -0.2) is 4.98 Å². The second-order valence-electron chi connectivity index (χ2n) is 6.69. The monoisotopic (exact) mass is 346 g/mol. The fraction of sp³-hybridized carbons (Fsp3) is 0.611. The molecule has 0 spiro atoms. The molecule has 24 heavy (non-hydrogen) atoms. The Balaban J connectivity index is 1.44. The maximum atomic E-state index is 12.1. The first kappa shape index (κ1) is 17.1. The van der Waals surface area contributed by atoms with Gasteiger partial charge in [0, 0.05) is 35.5 Å². The average Bonchev–Trinajstić information content (AvgIpc) is 3.18. The third kappa shape index (κ3) is 4.23. The normalized spacial score (nSPS) is 15.6. The molecule has 0 saturated heterocycles. The van der Waals surface area contributed by atoms with E-state index in [-0.39, 0.29) is 5.91 Å². The fourth-order valence-corrected chi connectivity index (χ4v) is 4.27. The second kappa shape index (κ2) is 7.92. The van der Waals surface area contributed by atoms with E-state index in [1.54, 1.807) is 11.3 Å². The van der Waals surface area contributed by atoms with Crippen LogP contribution in [0.15, 0.2) is 5.38 Å². The van der Waals surface area contributed by atoms with Gasteiger partial charge in [-0.3, -0.25) is 9.89 Å². The van der Waals surface area contributed by atoms with Crippen LogP contribution in [0, 0.1) is 13.8 Å². The number of aromatic nitrogens is 3. The number of carbonyl (C=O) groups is 1. The third-order valence-electron chi connectivity index (χ3n) is 4.87. The summed E-state index contributed by atoms with van der Waals surface area (Å²) in [7, 11) is 0. The molecule has 5 nitrogen and oxygen atoms in total. The maximum absolute atomic E-state index is 12.1. The van der Waals surface area contributed by atoms with Gasteiger partial charge in [0.2, 0.25) is 5.91 Å². The Kier molecular flexibility index (Phi) is 5.66. The lowest BCUT2D eigenvalue weighted by molar-refractivity contribution is -0.120. The smallest absolute Gasteiger partial charge is 0.224 e. The molecule has 0 radical (unpaired) electrons. The van der Waals surface area contributed by atoms with E-state index >= 15 is 0 Å². The first-order valence-corrected chi connectivity index (χ1v) is 9.73. The van der Waals surface area contributed by atoms with Crippen LogP contribution in [0.3, 0.4) is 0 Å². The molecule has 1 aliphatic rings. The van der Waals surface area contributed by atoms with Crippen molar-refractivity contribution in [2.24, 2.45) is 0 Å². The molecule has 2 heterocycles. The number of aromatic amines is 1. The van der Waals surface area contributed by atoms with Gasteiger partial charge in [0.05, 0.1) is 22.8 Å². The van der Waals surface area contributed by atoms with Crippen LogP contribution in [-0.4, -0.2) is 27.6 Å². The summed E-state index contributed by atoms with van der Waals surface area (Å²) in [6.07, 6.45) is 7.80. The minimum atomic E-state index is 0.0478. The Morgan fingerprint density at radius 2 is 2.12 bits per heavy atom. The van der Waals surface area contributed by atoms with Crippen molar-refractivity contribution in [3.8, 4) is 0 Å². The average molecular weight is 347 g/mol. The molecule has 0 aromatic carbocycles. The van der Waals surface area contributed by atoms with Crippen molar-refractivity contribution in [3.05, 3.63) is 33.0 Å². The van der Waals surface area contributed by atoms with Crippen LogP contribution in [0.25, 0.3) is 0 Å². The van der Waals surface area contributed by atoms with Gasteiger partial charge >= 0.3 is 0 Å². The Morgan fingerprint density at radius 3 is 2.83 bits per heavy atom. The zero-order chi connectivity index (χ0) is 16.9. The minimum absolute atomic E-state index is 0.0478. The largest absolute Gasteiger partial charge is 0.355 e. The van der Waals surface area contributed by atoms with Gasteiger partial charge < -0.3 is 5.32 Å². The molecule has 1 aliphatic carbocycles. The second-order valence-corrected chi connectivity index (χ2v) is 7.63. The number of nitrogens with one attached hydrogen (secondary N) is 2. The predicted octanol–water partition coefficient (Wildman–Crippen LogP) is 3.43. The molecular formula is C18H26N4OS. The van der Waals surface area contributed by atoms with E-state index in [1.807, 2.05) is 13.8 Å². The summed E-state index contributed by atoms with van der Waals surface area (Å²) in [6, 6.07) is 0. The zero-order valence-corrected chi connectivity index (χ0v) is 15.3. The lowest BCUT2D eigenvalue weighted by Gasteiger charge is -2.19. The van der Waals surface area contributed by atoms with Crippen LogP contribution >= 0.6 is 11.3 Å². The zero-order valence-electron chi connectivity index (χ0n) is 14.5. The SMILES string of the molecule is Cc1n[nH]c(C)c1CC(=O)NCCc1nc(C2CCCCC2)cs1. The molecular weight excluding hydrogens is 320 g/mol. The van der Waals surface area contributed by atoms with Crippen LogP contribution in [0.5, 0.6) is 0 Å². The number of H-pyrrole nitrogens is 1. The maximum Gasteiger partial charge on any atom is 0.224 e. The summed E-state index contributed by atoms with van der Waals surface area (Å²) >= 11 is 1.73. The highest BCUT2D eigenvalue weighted by Gasteiger charge is 2.18. The van der Waals surface area contributed by atoms with Crippen LogP contribution in [-0.2, 0) is 17.6 Å². The van der Waals surface area contributed by atoms with E-state index in [2.05, 4.69) is 20.9 Å². The minimum Gasteiger partial charge on any atom is -0.355 e. The number of hydrogen-bond acceptors (Lipinski definition) is 4. The van der Waals surface area contributed by atoms with Crippen molar-refractivity contribution in [3.63, 3.8) is 0 Å². The van der Waals surface area contributed by atoms with Crippen LogP contribution in [0.1, 0.15) is 65.7 Å². The van der Waals surface area contributed by atoms with Gasteiger partial charge in [0.15, 0.2) is 0 Å². The number of rotatable bonds is 6. The van der Waals surface area contributed by atoms with Crippen molar-refractivity contribution in [1.82, 2.24) is 20.5 Å². The van der Waals surface area contributed by atoms with E-state index in [4.69, 9.17) is 4.98 Å². The third-order valence-corrected chi connectivity index (χ3v) is 5.80. The highest BCUT2D eigenvalue weighted by atomic mass is 32.1. The molecule has 2 aromatic rings. The van der Waals surface area contributed by atoms with Gasteiger partial charge in [-0.1, -0.05) is 19.3 Å². The highest BCUT2D eigenvalue weighted by Crippen LogP contribution is 2.33. The summed E-state index contributed by atoms with van der Waals surface area (Å²) in [6.45, 7) is 4.52. The molecule has 130 valence electrons. The van der Waals surface area contributed by atoms with Crippen molar-refractivity contribution in [2.75, 3.05) is 6.54 Å². The number of aryl methyl sites for hydroxylation is 2. The van der Waals surface area contributed by atoms with E-state index < -0.39 is 0 Å². The number of carbonyl (C=O) groups excluding carboxylic acids is 1. The lowest BCUT2D eigenvalue weighted by atomic mass is 9.87. The standard InChI is InChI=1S/C18H26N4OS/c1-12-15(13(2)22-21-12)10-17(23)19-9-8-18-20-16(11-24-18)14-6-4-3-5-7-14/h11,14H,3-10H2,1-2H3,(H,19,23)(H,21,22). The van der Waals surface area contributed by atoms with Crippen molar-refractivity contribution in [2.45, 2.75) is 64.7 Å². The Hall–Kier alpha value is -1.69. The van der Waals surface area contributed by atoms with Gasteiger partial charge in [0.25, 0.3) is 0 Å². The van der Waals surface area contributed by atoms with E-state index in [0.29, 0.717) is 18.9 Å². The van der Waals surface area contributed by atoms with E-state index in [9.17, 15) is 4.79 Å². The van der Waals surface area contributed by atoms with Gasteiger partial charge in [0.1, 0.15) is 0 Å². The first-order chi connectivity index (χ1) is 11.6. The molecule has 1 saturated carbocycles. The summed E-state index contributed by atoms with van der Waals surface area (Å²) in [5.41, 5.74) is 4.14. The Morgan fingerprint density at radius 1 is 1.33 bits per heavy atom. The summed E-state index contributed by atoms with van der Waals surface area (Å²) in [4.78, 5) is 16.9. The Bertz CT molecular complexity index is 666. The molecule has 2 N–H and O–H groups in total. The van der Waals surface area contributed by atoms with Gasteiger partial charge in [-0.05, 0) is 26.7 Å². The number of hydrogen-bond donors (Lipinski definition) is 2. The molecule has 2 aromatic heterocycles. The van der Waals surface area contributed by atoms with Crippen LogP contribution in [0.2, 0.25) is 0 Å². The summed E-state index contributed by atoms with van der Waals surface area (Å²) < 4.78 is 0. The van der Waals surface area contributed by atoms with Crippen LogP contribution in [0.4, 0.5) is 0 Å². The molecule has 1 fully saturated rings. The molecule has 3 rings (SSSR count). The Labute approximate surface area is 147 Å². The number of thiazole rings is 1. The fourth-order valence-electron chi connectivity index (χ4n) is 3.39.